The minimum atomic E-state index is -0.269. The van der Waals surface area contributed by atoms with Crippen LogP contribution in [0.2, 0.25) is 5.28 Å². The number of hydrogen-bond acceptors (Lipinski definition) is 7. The van der Waals surface area contributed by atoms with Crippen molar-refractivity contribution in [2.45, 2.75) is 23.8 Å². The Hall–Kier alpha value is -1.61. The van der Waals surface area contributed by atoms with Crippen LogP contribution in [0.15, 0.2) is 15.1 Å². The van der Waals surface area contributed by atoms with Gasteiger partial charge in [-0.15, -0.1) is 5.10 Å². The van der Waals surface area contributed by atoms with Crippen molar-refractivity contribution < 1.29 is 0 Å². The van der Waals surface area contributed by atoms with Crippen molar-refractivity contribution in [3.05, 3.63) is 15.8 Å². The molecule has 0 atom stereocenters. The van der Waals surface area contributed by atoms with Crippen molar-refractivity contribution in [1.29, 1.82) is 0 Å². The van der Waals surface area contributed by atoms with Crippen molar-refractivity contribution in [2.24, 2.45) is 0 Å². The van der Waals surface area contributed by atoms with Crippen LogP contribution in [0, 0.1) is 0 Å². The molecule has 0 saturated carbocycles. The smallest absolute Gasteiger partial charge is 0.343 e. The topological polar surface area (TPSA) is 101 Å². The summed E-state index contributed by atoms with van der Waals surface area (Å²) >= 11 is 6.90. The van der Waals surface area contributed by atoms with Crippen LogP contribution in [-0.4, -0.2) is 36.8 Å². The van der Waals surface area contributed by atoms with E-state index in [1.165, 1.54) is 4.57 Å². The highest BCUT2D eigenvalue weighted by Gasteiger charge is 2.12. The summed E-state index contributed by atoms with van der Waals surface area (Å²) in [4.78, 5) is 23.3. The van der Waals surface area contributed by atoms with E-state index in [1.54, 1.807) is 7.05 Å². The van der Waals surface area contributed by atoms with Gasteiger partial charge in [-0.1, -0.05) is 0 Å². The molecule has 0 bridgehead atoms. The first-order valence-electron chi connectivity index (χ1n) is 5.06. The Bertz CT molecular complexity index is 610. The monoisotopic (exact) mass is 287 g/mol. The van der Waals surface area contributed by atoms with Crippen molar-refractivity contribution in [3.8, 4) is 0 Å². The van der Waals surface area contributed by atoms with E-state index in [4.69, 9.17) is 11.6 Å². The number of rotatable bonds is 4. The number of aromatic amines is 1. The molecule has 0 saturated heterocycles. The van der Waals surface area contributed by atoms with Crippen LogP contribution in [0.25, 0.3) is 0 Å². The molecule has 0 aliphatic heterocycles. The fraction of sp³-hybridized carbons (Fsp3) is 0.375. The summed E-state index contributed by atoms with van der Waals surface area (Å²) in [5.41, 5.74) is -0.269. The number of hydrogen-bond donors (Lipinski definition) is 2. The molecule has 0 fully saturated rings. The number of H-pyrrole nitrogens is 1. The maximum atomic E-state index is 11.4. The number of nitrogens with one attached hydrogen (secondary N) is 2. The van der Waals surface area contributed by atoms with Gasteiger partial charge in [-0.05, 0) is 30.3 Å². The summed E-state index contributed by atoms with van der Waals surface area (Å²) in [6.07, 6.45) is 0. The Morgan fingerprint density at radius 2 is 2.22 bits per heavy atom. The van der Waals surface area contributed by atoms with Gasteiger partial charge in [0, 0.05) is 13.6 Å². The molecule has 0 unspecified atom stereocenters. The fourth-order valence-corrected chi connectivity index (χ4v) is 2.28. The van der Waals surface area contributed by atoms with Crippen LogP contribution in [-0.2, 0) is 6.54 Å². The minimum absolute atomic E-state index is 0.0813. The van der Waals surface area contributed by atoms with E-state index >= 15 is 0 Å². The van der Waals surface area contributed by atoms with Gasteiger partial charge in [-0.3, -0.25) is 4.57 Å². The average Bonchev–Trinajstić information content (AvgIpc) is 2.69. The Balaban J connectivity index is 2.33. The lowest BCUT2D eigenvalue weighted by atomic mass is 10.7. The van der Waals surface area contributed by atoms with E-state index in [2.05, 4.69) is 30.5 Å². The molecule has 2 N–H and O–H groups in total. The SMILES string of the molecule is CCn1c(Sc2nc(Cl)nc(NC)n2)n[nH]c1=O. The molecule has 0 radical (unpaired) electrons. The Labute approximate surface area is 111 Å². The molecule has 2 aromatic heterocycles. The molecule has 18 heavy (non-hydrogen) atoms. The third-order valence-electron chi connectivity index (χ3n) is 2.03. The number of anilines is 1. The number of aromatic nitrogens is 6. The van der Waals surface area contributed by atoms with Crippen LogP contribution in [0.3, 0.4) is 0 Å². The van der Waals surface area contributed by atoms with E-state index in [-0.39, 0.29) is 11.0 Å². The molecule has 2 rings (SSSR count). The molecule has 10 heteroatoms. The van der Waals surface area contributed by atoms with Gasteiger partial charge >= 0.3 is 5.69 Å². The molecule has 0 amide bonds. The Morgan fingerprint density at radius 1 is 1.44 bits per heavy atom. The summed E-state index contributed by atoms with van der Waals surface area (Å²) < 4.78 is 1.47. The molecule has 8 nitrogen and oxygen atoms in total. The summed E-state index contributed by atoms with van der Waals surface area (Å²) in [5.74, 6) is 0.360. The highest BCUT2D eigenvalue weighted by atomic mass is 35.5. The molecule has 0 aromatic carbocycles. The van der Waals surface area contributed by atoms with Gasteiger partial charge in [0.25, 0.3) is 0 Å². The largest absolute Gasteiger partial charge is 0.357 e. The van der Waals surface area contributed by atoms with Crippen molar-refractivity contribution >= 4 is 29.3 Å². The van der Waals surface area contributed by atoms with Crippen LogP contribution in [0.1, 0.15) is 6.92 Å². The highest BCUT2D eigenvalue weighted by molar-refractivity contribution is 7.99. The minimum Gasteiger partial charge on any atom is -0.357 e. The zero-order chi connectivity index (χ0) is 13.1. The summed E-state index contributed by atoms with van der Waals surface area (Å²) in [7, 11) is 1.68. The molecule has 0 spiro atoms. The first-order valence-corrected chi connectivity index (χ1v) is 6.26. The van der Waals surface area contributed by atoms with E-state index < -0.39 is 0 Å². The van der Waals surface area contributed by atoms with E-state index in [1.807, 2.05) is 6.92 Å². The van der Waals surface area contributed by atoms with Gasteiger partial charge in [0.1, 0.15) is 0 Å². The maximum Gasteiger partial charge on any atom is 0.343 e. The van der Waals surface area contributed by atoms with Gasteiger partial charge in [-0.2, -0.15) is 15.0 Å². The van der Waals surface area contributed by atoms with Crippen molar-refractivity contribution in [1.82, 2.24) is 29.7 Å². The lowest BCUT2D eigenvalue weighted by molar-refractivity contribution is 0.659. The molecule has 2 aromatic rings. The number of halogens is 1. The van der Waals surface area contributed by atoms with E-state index in [9.17, 15) is 4.79 Å². The van der Waals surface area contributed by atoms with Gasteiger partial charge in [0.05, 0.1) is 0 Å². The molecular weight excluding hydrogens is 278 g/mol. The first kappa shape index (κ1) is 12.8. The van der Waals surface area contributed by atoms with Crippen LogP contribution in [0.4, 0.5) is 5.95 Å². The summed E-state index contributed by atoms with van der Waals surface area (Å²) in [6, 6.07) is 0. The van der Waals surface area contributed by atoms with Crippen LogP contribution in [0.5, 0.6) is 0 Å². The predicted molar refractivity (Wildman–Crippen MR) is 67.0 cm³/mol. The van der Waals surface area contributed by atoms with Crippen LogP contribution < -0.4 is 11.0 Å². The first-order chi connectivity index (χ1) is 8.63. The zero-order valence-corrected chi connectivity index (χ0v) is 11.2. The molecule has 0 aliphatic rings. The average molecular weight is 288 g/mol. The van der Waals surface area contributed by atoms with Gasteiger partial charge in [0.15, 0.2) is 5.16 Å². The molecule has 0 aliphatic carbocycles. The van der Waals surface area contributed by atoms with Gasteiger partial charge in [0.2, 0.25) is 16.4 Å². The Morgan fingerprint density at radius 3 is 2.89 bits per heavy atom. The van der Waals surface area contributed by atoms with Crippen LogP contribution >= 0.6 is 23.4 Å². The van der Waals surface area contributed by atoms with Crippen molar-refractivity contribution in [3.63, 3.8) is 0 Å². The number of nitrogens with zero attached hydrogens (tertiary/aromatic N) is 5. The molecule has 96 valence electrons. The highest BCUT2D eigenvalue weighted by Crippen LogP contribution is 2.22. The van der Waals surface area contributed by atoms with E-state index in [0.717, 1.165) is 11.8 Å². The third-order valence-corrected chi connectivity index (χ3v) is 3.06. The maximum absolute atomic E-state index is 11.4. The van der Waals surface area contributed by atoms with Gasteiger partial charge in [-0.25, -0.2) is 9.89 Å². The second kappa shape index (κ2) is 5.36. The normalized spacial score (nSPS) is 10.6. The molecular formula is C8H10ClN7OS. The van der Waals surface area contributed by atoms with E-state index in [0.29, 0.717) is 22.8 Å². The zero-order valence-electron chi connectivity index (χ0n) is 9.64. The third kappa shape index (κ3) is 2.62. The van der Waals surface area contributed by atoms with Gasteiger partial charge < -0.3 is 5.32 Å². The Kier molecular flexibility index (Phi) is 3.82. The lowest BCUT2D eigenvalue weighted by Crippen LogP contribution is -2.16. The second-order valence-electron chi connectivity index (χ2n) is 3.12. The standard InChI is InChI=1S/C8H10ClN7OS/c1-3-16-7(17)14-15-8(16)18-6-12-4(9)11-5(10-2)13-6/h3H2,1-2H3,(H,14,17)(H,10,11,12,13). The quantitative estimate of drug-likeness (QED) is 0.850. The lowest BCUT2D eigenvalue weighted by Gasteiger charge is -2.03. The van der Waals surface area contributed by atoms with Crippen molar-refractivity contribution in [2.75, 3.05) is 12.4 Å². The summed E-state index contributed by atoms with van der Waals surface area (Å²) in [6.45, 7) is 2.36. The fourth-order valence-electron chi connectivity index (χ4n) is 1.23. The predicted octanol–water partition coefficient (Wildman–Crippen LogP) is 0.623. The second-order valence-corrected chi connectivity index (χ2v) is 4.39. The summed E-state index contributed by atoms with van der Waals surface area (Å²) in [5, 5.41) is 9.96. The molecule has 2 heterocycles.